The summed E-state index contributed by atoms with van der Waals surface area (Å²) in [6.07, 6.45) is 6.99. The molecule has 0 heterocycles. The summed E-state index contributed by atoms with van der Waals surface area (Å²) in [5, 5.41) is 3.27. The largest absolute Gasteiger partial charge is 0.369 e. The molecule has 0 spiro atoms. The van der Waals surface area contributed by atoms with Crippen LogP contribution in [0, 0.1) is 5.92 Å². The number of hydrogen-bond donors (Lipinski definition) is 1. The average molecular weight is 340 g/mol. The second kappa shape index (κ2) is 8.16. The van der Waals surface area contributed by atoms with Crippen LogP contribution in [-0.4, -0.2) is 19.7 Å². The molecule has 1 aliphatic carbocycles. The van der Waals surface area contributed by atoms with Crippen molar-refractivity contribution in [3.8, 4) is 0 Å². The lowest BCUT2D eigenvalue weighted by molar-refractivity contribution is -0.0613. The number of rotatable bonds is 6. The van der Waals surface area contributed by atoms with Gasteiger partial charge in [-0.1, -0.05) is 60.3 Å². The van der Waals surface area contributed by atoms with Gasteiger partial charge in [-0.2, -0.15) is 0 Å². The molecule has 1 aromatic carbocycles. The fourth-order valence-corrected chi connectivity index (χ4v) is 3.72. The van der Waals surface area contributed by atoms with Crippen LogP contribution in [0.1, 0.15) is 50.7 Å². The lowest BCUT2D eigenvalue weighted by Gasteiger charge is -2.34. The van der Waals surface area contributed by atoms with E-state index in [0.717, 1.165) is 16.9 Å². The van der Waals surface area contributed by atoms with Crippen LogP contribution in [0.2, 0.25) is 0 Å². The molecular formula is C17H26BrNO. The van der Waals surface area contributed by atoms with Crippen LogP contribution in [0.4, 0.5) is 0 Å². The predicted molar refractivity (Wildman–Crippen MR) is 87.9 cm³/mol. The third kappa shape index (κ3) is 4.06. The highest BCUT2D eigenvalue weighted by atomic mass is 79.9. The second-order valence-electron chi connectivity index (χ2n) is 5.70. The van der Waals surface area contributed by atoms with Gasteiger partial charge in [-0.05, 0) is 37.4 Å². The average Bonchev–Trinajstić information content (AvgIpc) is 2.48. The molecule has 3 unspecified atom stereocenters. The maximum atomic E-state index is 6.51. The minimum atomic E-state index is 0.132. The van der Waals surface area contributed by atoms with Crippen LogP contribution in [0.25, 0.3) is 0 Å². The monoisotopic (exact) mass is 339 g/mol. The molecule has 0 amide bonds. The zero-order chi connectivity index (χ0) is 14.4. The summed E-state index contributed by atoms with van der Waals surface area (Å²) in [5.74, 6) is 0.727. The fraction of sp³-hybridized carbons (Fsp3) is 0.647. The van der Waals surface area contributed by atoms with Crippen molar-refractivity contribution in [2.45, 2.75) is 51.2 Å². The lowest BCUT2D eigenvalue weighted by Crippen LogP contribution is -2.32. The molecule has 0 saturated heterocycles. The molecule has 0 bridgehead atoms. The molecule has 1 aliphatic rings. The van der Waals surface area contributed by atoms with Gasteiger partial charge in [0.15, 0.2) is 0 Å². The van der Waals surface area contributed by atoms with E-state index >= 15 is 0 Å². The zero-order valence-corrected chi connectivity index (χ0v) is 14.2. The van der Waals surface area contributed by atoms with Crippen molar-refractivity contribution in [3.05, 3.63) is 34.3 Å². The molecule has 0 radical (unpaired) electrons. The standard InChI is InChI=1S/C17H26BrNO/c1-3-13-8-4-7-11-16(13)20-17(12-19-2)14-9-5-6-10-15(14)18/h5-6,9-10,13,16-17,19H,3-4,7-8,11-12H2,1-2H3. The summed E-state index contributed by atoms with van der Waals surface area (Å²) in [5.41, 5.74) is 1.25. The van der Waals surface area contributed by atoms with Gasteiger partial charge in [0.05, 0.1) is 12.2 Å². The number of nitrogens with one attached hydrogen (secondary N) is 1. The highest BCUT2D eigenvalue weighted by Crippen LogP contribution is 2.34. The van der Waals surface area contributed by atoms with Crippen LogP contribution in [0.3, 0.4) is 0 Å². The smallest absolute Gasteiger partial charge is 0.0963 e. The van der Waals surface area contributed by atoms with Gasteiger partial charge in [0.2, 0.25) is 0 Å². The molecule has 1 fully saturated rings. The van der Waals surface area contributed by atoms with Gasteiger partial charge in [0.1, 0.15) is 0 Å². The first-order chi connectivity index (χ1) is 9.76. The number of halogens is 1. The topological polar surface area (TPSA) is 21.3 Å². The molecule has 3 atom stereocenters. The van der Waals surface area contributed by atoms with Gasteiger partial charge in [-0.15, -0.1) is 0 Å². The Morgan fingerprint density at radius 1 is 1.30 bits per heavy atom. The first-order valence-electron chi connectivity index (χ1n) is 7.80. The molecule has 112 valence electrons. The molecule has 1 N–H and O–H groups in total. The van der Waals surface area contributed by atoms with E-state index in [1.807, 2.05) is 7.05 Å². The van der Waals surface area contributed by atoms with E-state index in [-0.39, 0.29) is 6.10 Å². The molecule has 1 aromatic rings. The van der Waals surface area contributed by atoms with E-state index in [2.05, 4.69) is 52.4 Å². The molecule has 2 rings (SSSR count). The van der Waals surface area contributed by atoms with E-state index in [9.17, 15) is 0 Å². The molecule has 0 aliphatic heterocycles. The summed E-state index contributed by atoms with van der Waals surface area (Å²) in [4.78, 5) is 0. The highest BCUT2D eigenvalue weighted by molar-refractivity contribution is 9.10. The Balaban J connectivity index is 2.10. The van der Waals surface area contributed by atoms with Crippen LogP contribution in [0.15, 0.2) is 28.7 Å². The fourth-order valence-electron chi connectivity index (χ4n) is 3.18. The zero-order valence-electron chi connectivity index (χ0n) is 12.6. The Morgan fingerprint density at radius 3 is 2.75 bits per heavy atom. The van der Waals surface area contributed by atoms with Crippen molar-refractivity contribution in [2.75, 3.05) is 13.6 Å². The third-order valence-electron chi connectivity index (χ3n) is 4.34. The Labute approximate surface area is 131 Å². The Kier molecular flexibility index (Phi) is 6.53. The molecule has 3 heteroatoms. The SMILES string of the molecule is CCC1CCCCC1OC(CNC)c1ccccc1Br. The maximum absolute atomic E-state index is 6.51. The third-order valence-corrected chi connectivity index (χ3v) is 5.07. The maximum Gasteiger partial charge on any atom is 0.0963 e. The number of benzene rings is 1. The van der Waals surface area contributed by atoms with E-state index < -0.39 is 0 Å². The first kappa shape index (κ1) is 16.0. The van der Waals surface area contributed by atoms with Crippen molar-refractivity contribution >= 4 is 15.9 Å². The van der Waals surface area contributed by atoms with Crippen molar-refractivity contribution in [1.82, 2.24) is 5.32 Å². The van der Waals surface area contributed by atoms with E-state index in [1.165, 1.54) is 37.7 Å². The van der Waals surface area contributed by atoms with Crippen molar-refractivity contribution in [3.63, 3.8) is 0 Å². The highest BCUT2D eigenvalue weighted by Gasteiger charge is 2.28. The van der Waals surface area contributed by atoms with Crippen molar-refractivity contribution in [1.29, 1.82) is 0 Å². The quantitative estimate of drug-likeness (QED) is 0.811. The number of ether oxygens (including phenoxy) is 1. The molecule has 2 nitrogen and oxygen atoms in total. The van der Waals surface area contributed by atoms with Gasteiger partial charge in [-0.25, -0.2) is 0 Å². The Bertz CT molecular complexity index is 410. The van der Waals surface area contributed by atoms with Crippen LogP contribution >= 0.6 is 15.9 Å². The summed E-state index contributed by atoms with van der Waals surface area (Å²) >= 11 is 3.66. The molecular weight excluding hydrogens is 314 g/mol. The minimum Gasteiger partial charge on any atom is -0.369 e. The van der Waals surface area contributed by atoms with E-state index in [1.54, 1.807) is 0 Å². The van der Waals surface area contributed by atoms with Crippen LogP contribution < -0.4 is 5.32 Å². The van der Waals surface area contributed by atoms with Crippen LogP contribution in [0.5, 0.6) is 0 Å². The second-order valence-corrected chi connectivity index (χ2v) is 6.55. The Hall–Kier alpha value is -0.380. The van der Waals surface area contributed by atoms with E-state index in [0.29, 0.717) is 6.10 Å². The van der Waals surface area contributed by atoms with Gasteiger partial charge in [0, 0.05) is 11.0 Å². The predicted octanol–water partition coefficient (Wildman–Crippen LogP) is 4.70. The number of likely N-dealkylation sites (N-methyl/N-ethyl adjacent to an activating group) is 1. The Morgan fingerprint density at radius 2 is 2.05 bits per heavy atom. The molecule has 1 saturated carbocycles. The van der Waals surface area contributed by atoms with Gasteiger partial charge >= 0.3 is 0 Å². The number of hydrogen-bond acceptors (Lipinski definition) is 2. The van der Waals surface area contributed by atoms with E-state index in [4.69, 9.17) is 4.74 Å². The first-order valence-corrected chi connectivity index (χ1v) is 8.60. The summed E-state index contributed by atoms with van der Waals surface area (Å²) in [6, 6.07) is 8.40. The van der Waals surface area contributed by atoms with Crippen LogP contribution in [-0.2, 0) is 4.74 Å². The van der Waals surface area contributed by atoms with Gasteiger partial charge in [-0.3, -0.25) is 0 Å². The van der Waals surface area contributed by atoms with Gasteiger partial charge in [0.25, 0.3) is 0 Å². The molecule has 0 aromatic heterocycles. The lowest BCUT2D eigenvalue weighted by atomic mass is 9.84. The summed E-state index contributed by atoms with van der Waals surface area (Å²) in [7, 11) is 1.99. The van der Waals surface area contributed by atoms with Crippen molar-refractivity contribution < 1.29 is 4.74 Å². The summed E-state index contributed by atoms with van der Waals surface area (Å²) in [6.45, 7) is 3.15. The minimum absolute atomic E-state index is 0.132. The normalized spacial score (nSPS) is 24.6. The van der Waals surface area contributed by atoms with Gasteiger partial charge < -0.3 is 10.1 Å². The summed E-state index contributed by atoms with van der Waals surface area (Å²) < 4.78 is 7.65. The van der Waals surface area contributed by atoms with Crippen molar-refractivity contribution in [2.24, 2.45) is 5.92 Å². The molecule has 20 heavy (non-hydrogen) atoms.